The Labute approximate surface area is 97.4 Å². The Hall–Kier alpha value is 1.50. The fourth-order valence-electron chi connectivity index (χ4n) is 0. The van der Waals surface area contributed by atoms with Crippen molar-refractivity contribution >= 4 is 0 Å². The van der Waals surface area contributed by atoms with Crippen LogP contribution in [0.15, 0.2) is 0 Å². The standard InChI is InChI=1S/2C2H.Ag.K/c2*1-2;;/h2*1H;;/q2*-1;2*+1. The van der Waals surface area contributed by atoms with Crippen LogP contribution in [0, 0.1) is 25.7 Å². The third kappa shape index (κ3) is 49.6. The summed E-state index contributed by atoms with van der Waals surface area (Å²) in [5.41, 5.74) is 0. The van der Waals surface area contributed by atoms with Gasteiger partial charge in [-0.25, -0.2) is 0 Å². The Kier molecular flexibility index (Phi) is 378. The molecule has 2 heteroatoms. The fourth-order valence-corrected chi connectivity index (χ4v) is 0. The summed E-state index contributed by atoms with van der Waals surface area (Å²) >= 11 is 0. The monoisotopic (exact) mass is 196 g/mol. The smallest absolute Gasteiger partial charge is 0.697 e. The normalized spacial score (nSPS) is 0.667. The molecule has 0 nitrogen and oxygen atoms in total. The van der Waals surface area contributed by atoms with E-state index in [0.717, 1.165) is 0 Å². The summed E-state index contributed by atoms with van der Waals surface area (Å²) in [4.78, 5) is 0. The largest absolute Gasteiger partial charge is 1.00 e. The molecule has 0 fully saturated rings. The molecule has 0 aromatic rings. The van der Waals surface area contributed by atoms with Crippen LogP contribution in [0.1, 0.15) is 0 Å². The van der Waals surface area contributed by atoms with Crippen molar-refractivity contribution in [1.29, 1.82) is 0 Å². The van der Waals surface area contributed by atoms with Gasteiger partial charge in [-0.2, -0.15) is 0 Å². The van der Waals surface area contributed by atoms with Gasteiger partial charge in [0.25, 0.3) is 0 Å². The van der Waals surface area contributed by atoms with Gasteiger partial charge >= 0.3 is 73.8 Å². The summed E-state index contributed by atoms with van der Waals surface area (Å²) in [5.74, 6) is 0. The zero-order chi connectivity index (χ0) is 4.00. The van der Waals surface area contributed by atoms with Crippen LogP contribution in [0.2, 0.25) is 0 Å². The van der Waals surface area contributed by atoms with Gasteiger partial charge < -0.3 is 25.7 Å². The number of hydrogen-bond donors (Lipinski definition) is 0. The molecular formula is C4H2AgK. The molecule has 0 saturated heterocycles. The Bertz CT molecular complexity index is 23.0. The van der Waals surface area contributed by atoms with E-state index in [1.165, 1.54) is 0 Å². The third-order valence-electron chi connectivity index (χ3n) is 0. The van der Waals surface area contributed by atoms with E-state index in [-0.39, 0.29) is 73.8 Å². The first-order chi connectivity index (χ1) is 2.00. The summed E-state index contributed by atoms with van der Waals surface area (Å²) in [6, 6.07) is 0. The minimum absolute atomic E-state index is 0. The van der Waals surface area contributed by atoms with Crippen LogP contribution in [0.25, 0.3) is 0 Å². The minimum Gasteiger partial charge on any atom is -0.697 e. The Morgan fingerprint density at radius 3 is 0.833 bits per heavy atom. The SMILES string of the molecule is [Ag+].[C-]#C.[C-]#C.[K+]. The summed E-state index contributed by atoms with van der Waals surface area (Å²) in [6.45, 7) is 0. The van der Waals surface area contributed by atoms with Crippen LogP contribution in [0.4, 0.5) is 0 Å². The molecule has 0 aromatic carbocycles. The van der Waals surface area contributed by atoms with Crippen molar-refractivity contribution in [2.45, 2.75) is 0 Å². The second-order valence-corrected chi connectivity index (χ2v) is 0. The number of rotatable bonds is 0. The van der Waals surface area contributed by atoms with Gasteiger partial charge in [0.1, 0.15) is 0 Å². The second kappa shape index (κ2) is 87.6. The molecule has 0 amide bonds. The second-order valence-electron chi connectivity index (χ2n) is 0. The Balaban J connectivity index is -0.00000000500. The van der Waals surface area contributed by atoms with E-state index in [1.807, 2.05) is 0 Å². The maximum absolute atomic E-state index is 5.25. The molecule has 0 aliphatic carbocycles. The van der Waals surface area contributed by atoms with E-state index in [1.54, 1.807) is 0 Å². The van der Waals surface area contributed by atoms with Crippen LogP contribution in [0.3, 0.4) is 0 Å². The molecule has 0 aliphatic rings. The molecular weight excluding hydrogens is 195 g/mol. The van der Waals surface area contributed by atoms with Gasteiger partial charge in [0.2, 0.25) is 0 Å². The van der Waals surface area contributed by atoms with E-state index in [2.05, 4.69) is 12.8 Å². The molecule has 0 spiro atoms. The van der Waals surface area contributed by atoms with Crippen LogP contribution in [0.5, 0.6) is 0 Å². The van der Waals surface area contributed by atoms with Gasteiger partial charge in [0.15, 0.2) is 0 Å². The molecule has 30 valence electrons. The predicted molar refractivity (Wildman–Crippen MR) is 16.4 cm³/mol. The van der Waals surface area contributed by atoms with Crippen LogP contribution in [-0.4, -0.2) is 0 Å². The van der Waals surface area contributed by atoms with Gasteiger partial charge in [-0.05, 0) is 0 Å². The van der Waals surface area contributed by atoms with Crippen molar-refractivity contribution in [2.24, 2.45) is 0 Å². The summed E-state index contributed by atoms with van der Waals surface area (Å²) in [5, 5.41) is 0. The molecule has 0 radical (unpaired) electrons. The van der Waals surface area contributed by atoms with Gasteiger partial charge in [-0.1, -0.05) is 0 Å². The van der Waals surface area contributed by atoms with Crippen LogP contribution >= 0.6 is 0 Å². The van der Waals surface area contributed by atoms with Gasteiger partial charge in [0, 0.05) is 0 Å². The molecule has 0 aliphatic heterocycles. The topological polar surface area (TPSA) is 0 Å². The third-order valence-corrected chi connectivity index (χ3v) is 0. The summed E-state index contributed by atoms with van der Waals surface area (Å²) in [6.07, 6.45) is 18.0. The molecule has 0 bridgehead atoms. The Morgan fingerprint density at radius 1 is 0.833 bits per heavy atom. The molecule has 0 unspecified atom stereocenters. The zero-order valence-corrected chi connectivity index (χ0v) is 8.06. The quantitative estimate of drug-likeness (QED) is 0.227. The first kappa shape index (κ1) is 25.9. The number of terminal acetylenes is 2. The first-order valence-corrected chi connectivity index (χ1v) is 0.577. The van der Waals surface area contributed by atoms with E-state index in [0.29, 0.717) is 0 Å². The summed E-state index contributed by atoms with van der Waals surface area (Å²) in [7, 11) is 0. The molecule has 0 atom stereocenters. The van der Waals surface area contributed by atoms with E-state index in [4.69, 9.17) is 12.8 Å². The van der Waals surface area contributed by atoms with Crippen molar-refractivity contribution < 1.29 is 73.8 Å². The van der Waals surface area contributed by atoms with E-state index < -0.39 is 0 Å². The van der Waals surface area contributed by atoms with Gasteiger partial charge in [-0.3, -0.25) is 0 Å². The van der Waals surface area contributed by atoms with Gasteiger partial charge in [0.05, 0.1) is 0 Å². The molecule has 0 heterocycles. The van der Waals surface area contributed by atoms with E-state index in [9.17, 15) is 0 Å². The van der Waals surface area contributed by atoms with Crippen molar-refractivity contribution in [3.63, 3.8) is 0 Å². The van der Waals surface area contributed by atoms with E-state index >= 15 is 0 Å². The molecule has 6 heavy (non-hydrogen) atoms. The van der Waals surface area contributed by atoms with Crippen molar-refractivity contribution in [1.82, 2.24) is 0 Å². The van der Waals surface area contributed by atoms with Crippen LogP contribution in [-0.2, 0) is 22.4 Å². The minimum atomic E-state index is 0. The zero-order valence-electron chi connectivity index (χ0n) is 3.46. The fraction of sp³-hybridized carbons (Fsp3) is 0. The Morgan fingerprint density at radius 2 is 0.833 bits per heavy atom. The molecule has 0 rings (SSSR count). The van der Waals surface area contributed by atoms with Gasteiger partial charge in [-0.15, -0.1) is 0 Å². The summed E-state index contributed by atoms with van der Waals surface area (Å²) < 4.78 is 0. The average molecular weight is 197 g/mol. The van der Waals surface area contributed by atoms with Crippen molar-refractivity contribution in [3.8, 4) is 12.8 Å². The average Bonchev–Trinajstić information content (AvgIpc) is 1.50. The van der Waals surface area contributed by atoms with Crippen molar-refractivity contribution in [2.75, 3.05) is 0 Å². The predicted octanol–water partition coefficient (Wildman–Crippen LogP) is -2.59. The maximum Gasteiger partial charge on any atom is 1.00 e. The van der Waals surface area contributed by atoms with Crippen LogP contribution < -0.4 is 51.4 Å². The molecule has 0 N–H and O–H groups in total. The van der Waals surface area contributed by atoms with Crippen molar-refractivity contribution in [3.05, 3.63) is 12.8 Å². The first-order valence-electron chi connectivity index (χ1n) is 0.577. The maximum atomic E-state index is 5.25. The molecule has 0 aromatic heterocycles. The molecule has 0 saturated carbocycles. The number of hydrogen-bond acceptors (Lipinski definition) is 0.